The van der Waals surface area contributed by atoms with Crippen LogP contribution < -0.4 is 17.0 Å². The Hall–Kier alpha value is -0.994. The molecule has 3 unspecified atom stereocenters. The molecule has 39 heavy (non-hydrogen) atoms. The van der Waals surface area contributed by atoms with E-state index in [1.54, 1.807) is 30.3 Å². The van der Waals surface area contributed by atoms with Gasteiger partial charge in [0.15, 0.2) is 0 Å². The van der Waals surface area contributed by atoms with E-state index in [0.29, 0.717) is 35.2 Å². The normalized spacial score (nSPS) is 21.7. The van der Waals surface area contributed by atoms with Crippen molar-refractivity contribution in [3.63, 3.8) is 0 Å². The molecule has 0 radical (unpaired) electrons. The van der Waals surface area contributed by atoms with Gasteiger partial charge in [0.2, 0.25) is 0 Å². The molecular formula is C32H47BrF2MgO3. The maximum absolute atomic E-state index is 13.5. The van der Waals surface area contributed by atoms with E-state index in [4.69, 9.17) is 4.74 Å². The molecule has 0 saturated heterocycles. The van der Waals surface area contributed by atoms with Crippen LogP contribution in [0.15, 0.2) is 48.5 Å². The van der Waals surface area contributed by atoms with Crippen LogP contribution in [0.2, 0.25) is 0 Å². The van der Waals surface area contributed by atoms with Crippen LogP contribution in [0.25, 0.3) is 0 Å². The van der Waals surface area contributed by atoms with E-state index in [9.17, 15) is 18.7 Å². The Morgan fingerprint density at radius 3 is 1.92 bits per heavy atom. The minimum Gasteiger partial charge on any atom is -1.00 e. The Balaban J connectivity index is 0. The van der Waals surface area contributed by atoms with E-state index in [1.165, 1.54) is 25.0 Å². The fourth-order valence-corrected chi connectivity index (χ4v) is 4.73. The average molecular weight is 622 g/mol. The fraction of sp³-hybridized carbons (Fsp3) is 0.562. The largest absolute Gasteiger partial charge is 2.00 e. The van der Waals surface area contributed by atoms with Crippen molar-refractivity contribution in [1.82, 2.24) is 0 Å². The summed E-state index contributed by atoms with van der Waals surface area (Å²) in [7, 11) is 0. The van der Waals surface area contributed by atoms with Crippen molar-refractivity contribution >= 4 is 28.8 Å². The van der Waals surface area contributed by atoms with Crippen LogP contribution in [-0.4, -0.2) is 52.8 Å². The van der Waals surface area contributed by atoms with Gasteiger partial charge in [0.25, 0.3) is 0 Å². The zero-order valence-corrected chi connectivity index (χ0v) is 27.4. The predicted octanol–water partition coefficient (Wildman–Crippen LogP) is 4.75. The van der Waals surface area contributed by atoms with E-state index in [1.807, 2.05) is 19.9 Å². The quantitative estimate of drug-likeness (QED) is 0.396. The second-order valence-electron chi connectivity index (χ2n) is 10.3. The maximum Gasteiger partial charge on any atom is 2.00 e. The maximum atomic E-state index is 13.5. The number of Topliss-reactive ketones (excluding diaryl/α,β-unsaturated/α-hetero) is 1. The summed E-state index contributed by atoms with van der Waals surface area (Å²) >= 11 is 0. The van der Waals surface area contributed by atoms with Crippen LogP contribution in [0.1, 0.15) is 90.2 Å². The molecule has 7 heteroatoms. The molecule has 2 aromatic rings. The smallest absolute Gasteiger partial charge is 1.00 e. The van der Waals surface area contributed by atoms with Crippen molar-refractivity contribution in [2.24, 2.45) is 11.8 Å². The van der Waals surface area contributed by atoms with Gasteiger partial charge in [0, 0.05) is 38.3 Å². The summed E-state index contributed by atoms with van der Waals surface area (Å²) in [5.41, 5.74) is 0.395. The minimum atomic E-state index is -0.695. The first kappa shape index (κ1) is 40.1. The van der Waals surface area contributed by atoms with Gasteiger partial charge < -0.3 is 26.8 Å². The second kappa shape index (κ2) is 22.7. The Morgan fingerprint density at radius 1 is 0.949 bits per heavy atom. The molecule has 2 aliphatic carbocycles. The van der Waals surface area contributed by atoms with Gasteiger partial charge in [-0.25, -0.2) is 4.39 Å². The third kappa shape index (κ3) is 18.1. The van der Waals surface area contributed by atoms with Crippen molar-refractivity contribution in [2.75, 3.05) is 13.2 Å². The number of halogens is 3. The van der Waals surface area contributed by atoms with Gasteiger partial charge in [-0.15, -0.1) is 6.07 Å². The summed E-state index contributed by atoms with van der Waals surface area (Å²) < 4.78 is 30.6. The first-order valence-electron chi connectivity index (χ1n) is 13.7. The minimum absolute atomic E-state index is 0. The third-order valence-corrected chi connectivity index (χ3v) is 6.64. The van der Waals surface area contributed by atoms with Crippen LogP contribution in [-0.2, 0) is 16.0 Å². The molecule has 0 aromatic heterocycles. The molecule has 4 rings (SSSR count). The summed E-state index contributed by atoms with van der Waals surface area (Å²) in [4.78, 5) is 10.7. The summed E-state index contributed by atoms with van der Waals surface area (Å²) in [5.74, 6) is 1.23. The number of ketones is 1. The van der Waals surface area contributed by atoms with Gasteiger partial charge in [-0.05, 0) is 63.0 Å². The van der Waals surface area contributed by atoms with Gasteiger partial charge >= 0.3 is 23.1 Å². The van der Waals surface area contributed by atoms with Gasteiger partial charge in [0.05, 0.1) is 5.60 Å². The number of rotatable bonds is 4. The van der Waals surface area contributed by atoms with E-state index in [2.05, 4.69) is 20.8 Å². The zero-order chi connectivity index (χ0) is 27.7. The van der Waals surface area contributed by atoms with Crippen molar-refractivity contribution in [2.45, 2.75) is 91.1 Å². The molecule has 0 heterocycles. The Morgan fingerprint density at radius 2 is 1.51 bits per heavy atom. The molecule has 0 amide bonds. The van der Waals surface area contributed by atoms with Gasteiger partial charge in [0.1, 0.15) is 11.6 Å². The Bertz CT molecular complexity index is 891. The number of hydrogen-bond acceptors (Lipinski definition) is 3. The molecule has 0 aliphatic heterocycles. The molecule has 0 spiro atoms. The number of carbonyl (C=O) groups is 1. The second-order valence-corrected chi connectivity index (χ2v) is 10.3. The van der Waals surface area contributed by atoms with Gasteiger partial charge in [-0.2, -0.15) is 18.6 Å². The van der Waals surface area contributed by atoms with Crippen LogP contribution in [0.3, 0.4) is 0 Å². The molecule has 216 valence electrons. The van der Waals surface area contributed by atoms with Gasteiger partial charge in [-0.1, -0.05) is 57.0 Å². The zero-order valence-electron chi connectivity index (χ0n) is 24.4. The summed E-state index contributed by atoms with van der Waals surface area (Å²) in [5, 5.41) is 10.5. The topological polar surface area (TPSA) is 46.5 Å². The molecule has 0 bridgehead atoms. The molecule has 2 aromatic carbocycles. The van der Waals surface area contributed by atoms with Crippen molar-refractivity contribution in [3.05, 3.63) is 78.2 Å². The summed E-state index contributed by atoms with van der Waals surface area (Å²) in [6, 6.07) is 13.2. The van der Waals surface area contributed by atoms with E-state index in [0.717, 1.165) is 51.7 Å². The van der Waals surface area contributed by atoms with E-state index < -0.39 is 5.60 Å². The Labute approximate surface area is 262 Å². The van der Waals surface area contributed by atoms with E-state index >= 15 is 0 Å². The Kier molecular flexibility index (Phi) is 23.3. The number of benzene rings is 2. The van der Waals surface area contributed by atoms with Crippen molar-refractivity contribution in [3.8, 4) is 0 Å². The van der Waals surface area contributed by atoms with Crippen LogP contribution in [0, 0.1) is 30.4 Å². The monoisotopic (exact) mass is 620 g/mol. The van der Waals surface area contributed by atoms with E-state index in [-0.39, 0.29) is 51.7 Å². The molecule has 1 N–H and O–H groups in total. The number of ether oxygens (including phenoxy) is 1. The van der Waals surface area contributed by atoms with Crippen LogP contribution in [0.5, 0.6) is 0 Å². The van der Waals surface area contributed by atoms with Gasteiger partial charge in [-0.3, -0.25) is 9.18 Å². The summed E-state index contributed by atoms with van der Waals surface area (Å²) in [6.07, 6.45) is 8.32. The SMILES string of the molecule is CC1CCCC(=O)C1.CC1CCCC(O)(Cc2ccccc2F)C1.CCOCC.[Br-].[CH2-]c1ccccc1F.[Mg+2]. The fourth-order valence-electron chi connectivity index (χ4n) is 4.73. The predicted molar refractivity (Wildman–Crippen MR) is 154 cm³/mol. The molecular weight excluding hydrogens is 575 g/mol. The molecule has 2 saturated carbocycles. The third-order valence-electron chi connectivity index (χ3n) is 6.64. The van der Waals surface area contributed by atoms with Crippen LogP contribution in [0.4, 0.5) is 8.78 Å². The molecule has 2 aliphatic rings. The summed E-state index contributed by atoms with van der Waals surface area (Å²) in [6.45, 7) is 13.4. The molecule has 3 nitrogen and oxygen atoms in total. The van der Waals surface area contributed by atoms with Crippen molar-refractivity contribution < 1.29 is 40.4 Å². The van der Waals surface area contributed by atoms with Crippen LogP contribution >= 0.6 is 0 Å². The first-order chi connectivity index (χ1) is 17.6. The standard InChI is InChI=1S/C14H19FO.C7H6F.C7H12O.C4H10O.BrH.Mg/c1-11-5-4-8-14(16,9-11)10-12-6-2-3-7-13(12)15;1-6-4-2-3-5-7(6)8;1-6-3-2-4-7(8)5-6;1-3-5-4-2;;/h2-3,6-7,11,16H,4-5,8-10H2,1H3;2-5H,1H2;6H,2-5H2,1H3;3-4H2,1-2H3;1H;/q;-1;;;;+2/p-1. The molecule has 2 fully saturated rings. The molecule has 3 atom stereocenters. The average Bonchev–Trinajstić information content (AvgIpc) is 2.84. The van der Waals surface area contributed by atoms with Crippen molar-refractivity contribution in [1.29, 1.82) is 0 Å². The number of aliphatic hydroxyl groups is 1. The number of hydrogen-bond donors (Lipinski definition) is 1. The number of carbonyl (C=O) groups excluding carboxylic acids is 1. The first-order valence-corrected chi connectivity index (χ1v) is 13.7.